The van der Waals surface area contributed by atoms with Crippen molar-refractivity contribution in [3.05, 3.63) is 48.3 Å². The van der Waals surface area contributed by atoms with Gasteiger partial charge in [0.15, 0.2) is 11.6 Å². The molecular formula is C19H26FN5O2. The predicted octanol–water partition coefficient (Wildman–Crippen LogP) is 1.61. The second kappa shape index (κ2) is 8.49. The number of benzene rings is 1. The molecule has 0 aliphatic carbocycles. The third-order valence-electron chi connectivity index (χ3n) is 4.70. The van der Waals surface area contributed by atoms with E-state index in [9.17, 15) is 9.18 Å². The number of hydrazine groups is 1. The van der Waals surface area contributed by atoms with Crippen LogP contribution in [0.25, 0.3) is 0 Å². The highest BCUT2D eigenvalue weighted by atomic mass is 19.1. The number of aryl methyl sites for hydroxylation is 1. The second-order valence-corrected chi connectivity index (χ2v) is 7.03. The van der Waals surface area contributed by atoms with Gasteiger partial charge in [0.1, 0.15) is 18.5 Å². The largest absolute Gasteiger partial charge is 0.489 e. The van der Waals surface area contributed by atoms with Gasteiger partial charge in [0.2, 0.25) is 5.91 Å². The quantitative estimate of drug-likeness (QED) is 0.769. The van der Waals surface area contributed by atoms with Crippen LogP contribution in [0.3, 0.4) is 0 Å². The standard InChI is InChI=1S/C19H26FN5O2/c1-13(2)25(11-18-21-8-9-24(18)3)19(26)16-10-14(22-23-16)12-27-17-7-5-4-6-15(17)20/h4-9,13-14,16,22-23H,10-12H2,1-3H3. The van der Waals surface area contributed by atoms with E-state index < -0.39 is 5.82 Å². The minimum Gasteiger partial charge on any atom is -0.489 e. The van der Waals surface area contributed by atoms with E-state index in [1.54, 1.807) is 24.4 Å². The van der Waals surface area contributed by atoms with Crippen LogP contribution in [-0.2, 0) is 18.4 Å². The molecule has 2 unspecified atom stereocenters. The summed E-state index contributed by atoms with van der Waals surface area (Å²) in [6.45, 7) is 4.71. The van der Waals surface area contributed by atoms with Crippen molar-refractivity contribution in [3.8, 4) is 5.75 Å². The molecule has 2 atom stereocenters. The number of halogens is 1. The van der Waals surface area contributed by atoms with Crippen molar-refractivity contribution in [1.29, 1.82) is 0 Å². The molecule has 1 amide bonds. The normalized spacial score (nSPS) is 19.4. The molecule has 0 bridgehead atoms. The van der Waals surface area contributed by atoms with Crippen molar-refractivity contribution in [2.24, 2.45) is 7.05 Å². The minimum absolute atomic E-state index is 0.00823. The Balaban J connectivity index is 1.57. The highest BCUT2D eigenvalue weighted by Crippen LogP contribution is 2.18. The van der Waals surface area contributed by atoms with Gasteiger partial charge in [-0.3, -0.25) is 10.2 Å². The number of imidazole rings is 1. The number of ether oxygens (including phenoxy) is 1. The second-order valence-electron chi connectivity index (χ2n) is 7.03. The first-order valence-electron chi connectivity index (χ1n) is 9.10. The smallest absolute Gasteiger partial charge is 0.241 e. The SMILES string of the molecule is CC(C)N(Cc1nccn1C)C(=O)C1CC(COc2ccccc2F)NN1. The molecule has 0 saturated carbocycles. The summed E-state index contributed by atoms with van der Waals surface area (Å²) in [5, 5.41) is 0. The number of carbonyl (C=O) groups is 1. The average Bonchev–Trinajstić information content (AvgIpc) is 3.27. The van der Waals surface area contributed by atoms with E-state index in [0.29, 0.717) is 13.0 Å². The van der Waals surface area contributed by atoms with Crippen LogP contribution in [-0.4, -0.2) is 45.1 Å². The Hall–Kier alpha value is -2.45. The zero-order chi connectivity index (χ0) is 19.4. The summed E-state index contributed by atoms with van der Waals surface area (Å²) in [5.74, 6) is 0.668. The summed E-state index contributed by atoms with van der Waals surface area (Å²) in [4.78, 5) is 19.1. The summed E-state index contributed by atoms with van der Waals surface area (Å²) in [6, 6.07) is 5.90. The van der Waals surface area contributed by atoms with E-state index >= 15 is 0 Å². The van der Waals surface area contributed by atoms with Crippen LogP contribution in [0.4, 0.5) is 4.39 Å². The van der Waals surface area contributed by atoms with Gasteiger partial charge in [0.25, 0.3) is 0 Å². The van der Waals surface area contributed by atoms with Gasteiger partial charge in [-0.15, -0.1) is 0 Å². The number of nitrogens with one attached hydrogen (secondary N) is 2. The fourth-order valence-electron chi connectivity index (χ4n) is 3.06. The van der Waals surface area contributed by atoms with Crippen molar-refractivity contribution in [2.45, 2.75) is 44.9 Å². The molecule has 3 rings (SSSR count). The number of rotatable bonds is 7. The monoisotopic (exact) mass is 375 g/mol. The van der Waals surface area contributed by atoms with Crippen molar-refractivity contribution >= 4 is 5.91 Å². The molecule has 1 fully saturated rings. The predicted molar refractivity (Wildman–Crippen MR) is 99.3 cm³/mol. The van der Waals surface area contributed by atoms with Gasteiger partial charge < -0.3 is 14.2 Å². The Labute approximate surface area is 158 Å². The van der Waals surface area contributed by atoms with Gasteiger partial charge >= 0.3 is 0 Å². The molecule has 1 aliphatic heterocycles. The summed E-state index contributed by atoms with van der Waals surface area (Å²) in [5.41, 5.74) is 6.12. The van der Waals surface area contributed by atoms with E-state index in [2.05, 4.69) is 15.8 Å². The fourth-order valence-corrected chi connectivity index (χ4v) is 3.06. The lowest BCUT2D eigenvalue weighted by Crippen LogP contribution is -2.48. The van der Waals surface area contributed by atoms with Crippen LogP contribution in [0.1, 0.15) is 26.1 Å². The molecule has 0 radical (unpaired) electrons. The van der Waals surface area contributed by atoms with E-state index in [1.165, 1.54) is 6.07 Å². The maximum absolute atomic E-state index is 13.6. The molecular weight excluding hydrogens is 349 g/mol. The first-order valence-corrected chi connectivity index (χ1v) is 9.10. The highest BCUT2D eigenvalue weighted by molar-refractivity contribution is 5.82. The van der Waals surface area contributed by atoms with Gasteiger partial charge in [-0.05, 0) is 32.4 Å². The van der Waals surface area contributed by atoms with Crippen molar-refractivity contribution in [2.75, 3.05) is 6.61 Å². The first kappa shape index (κ1) is 19.3. The van der Waals surface area contributed by atoms with Gasteiger partial charge in [-0.2, -0.15) is 0 Å². The Morgan fingerprint density at radius 2 is 2.19 bits per heavy atom. The number of amides is 1. The molecule has 2 heterocycles. The maximum Gasteiger partial charge on any atom is 0.241 e. The molecule has 27 heavy (non-hydrogen) atoms. The lowest BCUT2D eigenvalue weighted by atomic mass is 10.1. The van der Waals surface area contributed by atoms with E-state index in [4.69, 9.17) is 4.74 Å². The third-order valence-corrected chi connectivity index (χ3v) is 4.70. The number of para-hydroxylation sites is 1. The molecule has 1 aromatic carbocycles. The van der Waals surface area contributed by atoms with Crippen molar-refractivity contribution < 1.29 is 13.9 Å². The van der Waals surface area contributed by atoms with E-state index in [1.807, 2.05) is 36.6 Å². The number of hydrogen-bond acceptors (Lipinski definition) is 5. The number of nitrogens with zero attached hydrogens (tertiary/aromatic N) is 3. The Morgan fingerprint density at radius 3 is 2.85 bits per heavy atom. The van der Waals surface area contributed by atoms with E-state index in [-0.39, 0.29) is 36.4 Å². The maximum atomic E-state index is 13.6. The highest BCUT2D eigenvalue weighted by Gasteiger charge is 2.34. The summed E-state index contributed by atoms with van der Waals surface area (Å²) >= 11 is 0. The Bertz CT molecular complexity index is 779. The van der Waals surface area contributed by atoms with Gasteiger partial charge in [0.05, 0.1) is 12.6 Å². The molecule has 1 saturated heterocycles. The molecule has 1 aromatic heterocycles. The zero-order valence-corrected chi connectivity index (χ0v) is 15.9. The van der Waals surface area contributed by atoms with Crippen LogP contribution in [0, 0.1) is 5.82 Å². The van der Waals surface area contributed by atoms with Crippen molar-refractivity contribution in [3.63, 3.8) is 0 Å². The number of hydrogen-bond donors (Lipinski definition) is 2. The van der Waals surface area contributed by atoms with Crippen LogP contribution in [0.15, 0.2) is 36.7 Å². The molecule has 0 spiro atoms. The number of aromatic nitrogens is 2. The van der Waals surface area contributed by atoms with Crippen LogP contribution >= 0.6 is 0 Å². The Kier molecular flexibility index (Phi) is 6.08. The Morgan fingerprint density at radius 1 is 1.41 bits per heavy atom. The molecule has 146 valence electrons. The van der Waals surface area contributed by atoms with Crippen LogP contribution < -0.4 is 15.6 Å². The van der Waals surface area contributed by atoms with Crippen LogP contribution in [0.2, 0.25) is 0 Å². The molecule has 7 nitrogen and oxygen atoms in total. The van der Waals surface area contributed by atoms with Gasteiger partial charge in [0, 0.05) is 25.5 Å². The van der Waals surface area contributed by atoms with Gasteiger partial charge in [-0.25, -0.2) is 14.8 Å². The topological polar surface area (TPSA) is 71.4 Å². The summed E-state index contributed by atoms with van der Waals surface area (Å²) < 4.78 is 21.1. The van der Waals surface area contributed by atoms with Gasteiger partial charge in [-0.1, -0.05) is 12.1 Å². The zero-order valence-electron chi connectivity index (χ0n) is 15.9. The average molecular weight is 375 g/mol. The van der Waals surface area contributed by atoms with E-state index in [0.717, 1.165) is 5.82 Å². The lowest BCUT2D eigenvalue weighted by molar-refractivity contribution is -0.135. The van der Waals surface area contributed by atoms with Crippen LogP contribution in [0.5, 0.6) is 5.75 Å². The lowest BCUT2D eigenvalue weighted by Gasteiger charge is -2.29. The summed E-state index contributed by atoms with van der Waals surface area (Å²) in [6.07, 6.45) is 4.16. The molecule has 2 aromatic rings. The first-order chi connectivity index (χ1) is 13.0. The third kappa shape index (κ3) is 4.64. The molecule has 8 heteroatoms. The minimum atomic E-state index is -0.392. The van der Waals surface area contributed by atoms with Crippen molar-refractivity contribution in [1.82, 2.24) is 25.3 Å². The summed E-state index contributed by atoms with van der Waals surface area (Å²) in [7, 11) is 1.91. The molecule has 1 aliphatic rings. The number of carbonyl (C=O) groups excluding carboxylic acids is 1. The molecule has 2 N–H and O–H groups in total. The fraction of sp³-hybridized carbons (Fsp3) is 0.474.